The number of carbonyl (C=O) groups is 2. The molecule has 1 saturated heterocycles. The van der Waals surface area contributed by atoms with Crippen LogP contribution in [0.5, 0.6) is 0 Å². The Bertz CT molecular complexity index is 1180. The minimum Gasteiger partial charge on any atom is -0.462 e. The minimum absolute atomic E-state index is 0.135. The molecule has 0 saturated carbocycles. The van der Waals surface area contributed by atoms with Crippen molar-refractivity contribution in [3.8, 4) is 0 Å². The van der Waals surface area contributed by atoms with Crippen molar-refractivity contribution in [2.24, 2.45) is 0 Å². The topological polar surface area (TPSA) is 132 Å². The van der Waals surface area contributed by atoms with Crippen LogP contribution in [-0.4, -0.2) is 53.3 Å². The third-order valence-electron chi connectivity index (χ3n) is 9.12. The first-order chi connectivity index (χ1) is 26.7. The number of epoxide rings is 1. The number of carbonyl (C=O) groups excluding carboxylic acids is 2. The Morgan fingerprint density at radius 2 is 1.07 bits per heavy atom. The van der Waals surface area contributed by atoms with Gasteiger partial charge in [-0.1, -0.05) is 151 Å². The van der Waals surface area contributed by atoms with Gasteiger partial charge in [0.05, 0.1) is 18.8 Å². The molecule has 0 aliphatic carbocycles. The van der Waals surface area contributed by atoms with Crippen LogP contribution in [0.15, 0.2) is 72.9 Å². The summed E-state index contributed by atoms with van der Waals surface area (Å²) in [6.45, 7) is 3.49. The van der Waals surface area contributed by atoms with Crippen LogP contribution < -0.4 is 0 Å². The fraction of sp³-hybridized carbons (Fsp3) is 0.689. The normalized spacial score (nSPS) is 16.9. The molecule has 10 heteroatoms. The van der Waals surface area contributed by atoms with Gasteiger partial charge in [-0.3, -0.25) is 14.1 Å². The number of esters is 2. The second-order valence-electron chi connectivity index (χ2n) is 14.3. The van der Waals surface area contributed by atoms with Crippen LogP contribution in [0.3, 0.4) is 0 Å². The van der Waals surface area contributed by atoms with E-state index in [0.717, 1.165) is 64.2 Å². The van der Waals surface area contributed by atoms with E-state index in [1.54, 1.807) is 0 Å². The van der Waals surface area contributed by atoms with E-state index in [2.05, 4.69) is 79.1 Å². The quantitative estimate of drug-likeness (QED) is 0.0207. The van der Waals surface area contributed by atoms with Gasteiger partial charge < -0.3 is 24.0 Å². The predicted molar refractivity (Wildman–Crippen MR) is 224 cm³/mol. The highest BCUT2D eigenvalue weighted by Crippen LogP contribution is 2.36. The summed E-state index contributed by atoms with van der Waals surface area (Å²) in [4.78, 5) is 42.8. The molecule has 0 radical (unpaired) electrons. The lowest BCUT2D eigenvalue weighted by atomic mass is 10.1. The monoisotopic (exact) mass is 791 g/mol. The first-order valence-corrected chi connectivity index (χ1v) is 22.9. The van der Waals surface area contributed by atoms with E-state index < -0.39 is 32.5 Å². The number of phosphoric acid groups is 1. The van der Waals surface area contributed by atoms with Gasteiger partial charge in [-0.05, 0) is 77.0 Å². The van der Waals surface area contributed by atoms with Crippen molar-refractivity contribution < 1.29 is 42.7 Å². The number of unbranched alkanes of at least 4 members (excludes halogenated alkanes) is 13. The van der Waals surface area contributed by atoms with Crippen molar-refractivity contribution in [2.75, 3.05) is 13.2 Å². The van der Waals surface area contributed by atoms with Crippen molar-refractivity contribution in [3.63, 3.8) is 0 Å². The summed E-state index contributed by atoms with van der Waals surface area (Å²) in [6.07, 6.45) is 49.6. The van der Waals surface area contributed by atoms with Gasteiger partial charge in [-0.15, -0.1) is 0 Å². The van der Waals surface area contributed by atoms with Crippen LogP contribution in [-0.2, 0) is 32.9 Å². The highest BCUT2D eigenvalue weighted by atomic mass is 31.2. The molecule has 0 aromatic carbocycles. The molecule has 2 N–H and O–H groups in total. The Morgan fingerprint density at radius 3 is 1.64 bits per heavy atom. The van der Waals surface area contributed by atoms with Crippen molar-refractivity contribution in [2.45, 2.75) is 186 Å². The van der Waals surface area contributed by atoms with Crippen molar-refractivity contribution in [3.05, 3.63) is 72.9 Å². The fourth-order valence-electron chi connectivity index (χ4n) is 5.85. The van der Waals surface area contributed by atoms with Crippen LogP contribution >= 0.6 is 7.82 Å². The molecule has 0 aromatic heterocycles. The van der Waals surface area contributed by atoms with Gasteiger partial charge in [0.15, 0.2) is 6.10 Å². The van der Waals surface area contributed by atoms with Crippen molar-refractivity contribution >= 4 is 19.8 Å². The smallest absolute Gasteiger partial charge is 0.462 e. The lowest BCUT2D eigenvalue weighted by Gasteiger charge is -2.18. The standard InChI is InChI=1S/C45H75O9P/c1-3-5-7-8-9-10-11-12-13-14-15-16-21-24-27-30-34-38-45(47)53-41(40-52-55(48,49)50)39-51-44(46)37-33-29-26-23-20-18-17-19-22-25-28-32-36-43-42(54-43)35-31-6-4-2/h6,12-13,18-20,22,26,28-29,31-32,41-43H,3-5,7-11,14-17,21,23-25,27,30,33-40H2,1-2H3,(H2,48,49,50)/b13-12-,20-18-,22-19-,29-26-,31-6-,32-28-/t41-,42?,43?/m1/s1. The van der Waals surface area contributed by atoms with E-state index in [1.807, 2.05) is 12.2 Å². The SMILES string of the molecule is CC/C=C\CC1OC1C/C=C\C/C=C\C/C=C\C/C=C\CCC(=O)OC[C@H](COP(=O)(O)O)OC(=O)CCCCCCCCC/C=C\CCCCCCCC. The second-order valence-corrected chi connectivity index (χ2v) is 15.6. The van der Waals surface area contributed by atoms with Gasteiger partial charge in [-0.2, -0.15) is 0 Å². The summed E-state index contributed by atoms with van der Waals surface area (Å²) in [6, 6.07) is 0. The van der Waals surface area contributed by atoms with Crippen molar-refractivity contribution in [1.82, 2.24) is 0 Å². The lowest BCUT2D eigenvalue weighted by Crippen LogP contribution is -2.29. The molecule has 1 fully saturated rings. The molecule has 0 aromatic rings. The maximum atomic E-state index is 12.4. The predicted octanol–water partition coefficient (Wildman–Crippen LogP) is 12.1. The highest BCUT2D eigenvalue weighted by molar-refractivity contribution is 7.46. The summed E-state index contributed by atoms with van der Waals surface area (Å²) in [5, 5.41) is 0. The number of hydrogen-bond acceptors (Lipinski definition) is 7. The number of phosphoric ester groups is 1. The Labute approximate surface area is 334 Å². The molecule has 2 unspecified atom stereocenters. The first-order valence-electron chi connectivity index (χ1n) is 21.4. The van der Waals surface area contributed by atoms with Gasteiger partial charge in [-0.25, -0.2) is 4.57 Å². The van der Waals surface area contributed by atoms with Gasteiger partial charge >= 0.3 is 19.8 Å². The van der Waals surface area contributed by atoms with Crippen LogP contribution in [0.4, 0.5) is 0 Å². The van der Waals surface area contributed by atoms with E-state index in [0.29, 0.717) is 25.0 Å². The molecule has 0 bridgehead atoms. The molecule has 9 nitrogen and oxygen atoms in total. The lowest BCUT2D eigenvalue weighted by molar-refractivity contribution is -0.161. The van der Waals surface area contributed by atoms with Crippen molar-refractivity contribution in [1.29, 1.82) is 0 Å². The zero-order chi connectivity index (χ0) is 40.1. The number of rotatable bonds is 37. The highest BCUT2D eigenvalue weighted by Gasteiger charge is 2.35. The number of ether oxygens (including phenoxy) is 3. The summed E-state index contributed by atoms with van der Waals surface area (Å²) < 4.78 is 32.0. The fourth-order valence-corrected chi connectivity index (χ4v) is 6.21. The van der Waals surface area contributed by atoms with E-state index in [9.17, 15) is 14.2 Å². The molecule has 55 heavy (non-hydrogen) atoms. The summed E-state index contributed by atoms with van der Waals surface area (Å²) in [7, 11) is -4.78. The largest absolute Gasteiger partial charge is 0.469 e. The Balaban J connectivity index is 2.11. The third kappa shape index (κ3) is 35.6. The van der Waals surface area contributed by atoms with Gasteiger partial charge in [0.2, 0.25) is 0 Å². The molecular formula is C45H75O9P. The van der Waals surface area contributed by atoms with Gasteiger partial charge in [0, 0.05) is 12.8 Å². The average Bonchev–Trinajstić information content (AvgIpc) is 3.91. The minimum atomic E-state index is -4.78. The molecule has 0 spiro atoms. The van der Waals surface area contributed by atoms with Gasteiger partial charge in [0.1, 0.15) is 6.61 Å². The van der Waals surface area contributed by atoms with E-state index in [1.165, 1.54) is 64.2 Å². The molecule has 1 aliphatic heterocycles. The molecule has 1 heterocycles. The Kier molecular flexibility index (Phi) is 32.9. The number of hydrogen-bond donors (Lipinski definition) is 2. The summed E-state index contributed by atoms with van der Waals surface area (Å²) >= 11 is 0. The maximum Gasteiger partial charge on any atom is 0.469 e. The molecule has 0 amide bonds. The molecule has 3 atom stereocenters. The Morgan fingerprint density at radius 1 is 0.582 bits per heavy atom. The second kappa shape index (κ2) is 35.8. The van der Waals surface area contributed by atoms with Crippen LogP contribution in [0.2, 0.25) is 0 Å². The van der Waals surface area contributed by atoms with Crippen LogP contribution in [0.1, 0.15) is 168 Å². The molecule has 1 aliphatic rings. The third-order valence-corrected chi connectivity index (χ3v) is 9.61. The summed E-state index contributed by atoms with van der Waals surface area (Å²) in [5.74, 6) is -0.996. The van der Waals surface area contributed by atoms with E-state index >= 15 is 0 Å². The van der Waals surface area contributed by atoms with Crippen LogP contribution in [0, 0.1) is 0 Å². The van der Waals surface area contributed by atoms with Crippen LogP contribution in [0.25, 0.3) is 0 Å². The molecule has 1 rings (SSSR count). The zero-order valence-corrected chi connectivity index (χ0v) is 35.1. The number of allylic oxidation sites excluding steroid dienone is 10. The zero-order valence-electron chi connectivity index (χ0n) is 34.2. The summed E-state index contributed by atoms with van der Waals surface area (Å²) in [5.41, 5.74) is 0. The van der Waals surface area contributed by atoms with E-state index in [-0.39, 0.29) is 19.4 Å². The molecule has 314 valence electrons. The molecular weight excluding hydrogens is 715 g/mol. The maximum absolute atomic E-state index is 12.4. The van der Waals surface area contributed by atoms with Gasteiger partial charge in [0.25, 0.3) is 0 Å². The Hall–Kier alpha value is -2.55. The first kappa shape index (κ1) is 50.5. The average molecular weight is 791 g/mol. The van der Waals surface area contributed by atoms with E-state index in [4.69, 9.17) is 24.0 Å².